The normalized spacial score (nSPS) is 15.7. The van der Waals surface area contributed by atoms with Crippen LogP contribution >= 0.6 is 23.1 Å². The van der Waals surface area contributed by atoms with Crippen LogP contribution in [-0.4, -0.2) is 58.1 Å². The lowest BCUT2D eigenvalue weighted by molar-refractivity contribution is -0.0276. The highest BCUT2D eigenvalue weighted by Crippen LogP contribution is 2.42. The predicted molar refractivity (Wildman–Crippen MR) is 142 cm³/mol. The molecule has 11 heteroatoms. The van der Waals surface area contributed by atoms with Gasteiger partial charge in [0.25, 0.3) is 0 Å². The van der Waals surface area contributed by atoms with Gasteiger partial charge in [-0.2, -0.15) is 15.5 Å². The third-order valence-electron chi connectivity index (χ3n) is 6.50. The van der Waals surface area contributed by atoms with Gasteiger partial charge in [-0.25, -0.2) is 9.97 Å². The smallest absolute Gasteiger partial charge is 0.228 e. The van der Waals surface area contributed by atoms with E-state index in [0.29, 0.717) is 12.4 Å². The molecule has 0 radical (unpaired) electrons. The van der Waals surface area contributed by atoms with Crippen LogP contribution in [0.2, 0.25) is 0 Å². The maximum atomic E-state index is 9.61. The molecule has 1 saturated heterocycles. The van der Waals surface area contributed by atoms with Gasteiger partial charge in [0.15, 0.2) is 0 Å². The first-order chi connectivity index (χ1) is 16.9. The molecule has 9 nitrogen and oxygen atoms in total. The third-order valence-corrected chi connectivity index (χ3v) is 8.66. The molecule has 4 aromatic rings. The molecule has 0 saturated carbocycles. The van der Waals surface area contributed by atoms with Gasteiger partial charge in [0.05, 0.1) is 51.4 Å². The lowest BCUT2D eigenvalue weighted by Crippen LogP contribution is -2.67. The zero-order valence-corrected chi connectivity index (χ0v) is 22.0. The second kappa shape index (κ2) is 9.26. The molecule has 0 aliphatic carbocycles. The molecule has 0 unspecified atom stereocenters. The van der Waals surface area contributed by atoms with Crippen molar-refractivity contribution in [2.45, 2.75) is 51.1 Å². The fourth-order valence-electron chi connectivity index (χ4n) is 4.52. The van der Waals surface area contributed by atoms with E-state index in [1.165, 1.54) is 0 Å². The van der Waals surface area contributed by atoms with E-state index in [1.54, 1.807) is 17.5 Å². The molecule has 182 valence electrons. The first-order valence-electron chi connectivity index (χ1n) is 11.7. The van der Waals surface area contributed by atoms with Crippen molar-refractivity contribution in [3.63, 3.8) is 0 Å². The summed E-state index contributed by atoms with van der Waals surface area (Å²) in [5.74, 6) is 1.58. The highest BCUT2D eigenvalue weighted by molar-refractivity contribution is 8.00. The van der Waals surface area contributed by atoms with Gasteiger partial charge < -0.3 is 5.32 Å². The molecule has 0 atom stereocenters. The minimum absolute atomic E-state index is 0.0334. The molecule has 0 aromatic carbocycles. The van der Waals surface area contributed by atoms with Crippen molar-refractivity contribution in [1.82, 2.24) is 34.4 Å². The van der Waals surface area contributed by atoms with Crippen LogP contribution in [0, 0.1) is 11.3 Å². The summed E-state index contributed by atoms with van der Waals surface area (Å²) in [6.07, 6.45) is 8.02. The molecule has 1 aliphatic heterocycles. The average Bonchev–Trinajstić information content (AvgIpc) is 3.56. The summed E-state index contributed by atoms with van der Waals surface area (Å²) in [7, 11) is 0. The molecule has 1 fully saturated rings. The molecular formula is C24H29N9S2. The number of thioether (sulfide) groups is 1. The number of nitrogens with one attached hydrogen (secondary N) is 1. The summed E-state index contributed by atoms with van der Waals surface area (Å²) >= 11 is 3.54. The highest BCUT2D eigenvalue weighted by Gasteiger charge is 2.50. The highest BCUT2D eigenvalue weighted by atomic mass is 32.2. The number of hydrogen-bond donors (Lipinski definition) is 1. The van der Waals surface area contributed by atoms with Crippen LogP contribution in [0.15, 0.2) is 36.2 Å². The zero-order valence-electron chi connectivity index (χ0n) is 20.4. The summed E-state index contributed by atoms with van der Waals surface area (Å²) in [4.78, 5) is 12.0. The number of aryl methyl sites for hydroxylation is 1. The van der Waals surface area contributed by atoms with E-state index in [2.05, 4.69) is 42.2 Å². The Bertz CT molecular complexity index is 1370. The second-order valence-electron chi connectivity index (χ2n) is 9.21. The van der Waals surface area contributed by atoms with Crippen LogP contribution in [0.25, 0.3) is 21.5 Å². The van der Waals surface area contributed by atoms with Crippen molar-refractivity contribution < 1.29 is 0 Å². The Hall–Kier alpha value is -2.94. The maximum absolute atomic E-state index is 9.61. The number of rotatable bonds is 9. The van der Waals surface area contributed by atoms with Gasteiger partial charge in [0.1, 0.15) is 5.54 Å². The number of fused-ring (bicyclic) bond motifs is 1. The van der Waals surface area contributed by atoms with E-state index in [9.17, 15) is 5.26 Å². The summed E-state index contributed by atoms with van der Waals surface area (Å²) in [5, 5.41) is 24.0. The van der Waals surface area contributed by atoms with Gasteiger partial charge >= 0.3 is 0 Å². The SMILES string of the molecule is CCSC(C)(C)N1CC(CC#N)(n2cc(-c3nc(Nc4cnn(CC)c4)nc4ccsc34)cn2)C1. The first kappa shape index (κ1) is 23.8. The minimum Gasteiger partial charge on any atom is -0.321 e. The van der Waals surface area contributed by atoms with Crippen molar-refractivity contribution in [2.75, 3.05) is 24.2 Å². The molecule has 5 heterocycles. The van der Waals surface area contributed by atoms with Crippen LogP contribution in [-0.2, 0) is 12.1 Å². The number of anilines is 2. The standard InChI is InChI=1S/C24H29N9S2/c1-5-32-14-18(12-26-32)28-22-29-19-7-10-34-21(19)20(30-22)17-11-27-33(13-17)24(8-9-25)15-31(16-24)23(3,4)35-6-2/h7,10-14H,5-6,8,15-16H2,1-4H3,(H,28,29,30). The molecule has 0 bridgehead atoms. The number of aromatic nitrogens is 6. The van der Waals surface area contributed by atoms with E-state index >= 15 is 0 Å². The van der Waals surface area contributed by atoms with E-state index in [4.69, 9.17) is 15.1 Å². The van der Waals surface area contributed by atoms with Crippen LogP contribution in [0.4, 0.5) is 11.6 Å². The Morgan fingerprint density at radius 1 is 1.20 bits per heavy atom. The summed E-state index contributed by atoms with van der Waals surface area (Å²) in [6, 6.07) is 4.40. The maximum Gasteiger partial charge on any atom is 0.228 e. The summed E-state index contributed by atoms with van der Waals surface area (Å²) in [5.41, 5.74) is 3.17. The van der Waals surface area contributed by atoms with Gasteiger partial charge in [-0.05, 0) is 38.0 Å². The lowest BCUT2D eigenvalue weighted by Gasteiger charge is -2.55. The fourth-order valence-corrected chi connectivity index (χ4v) is 6.38. The zero-order chi connectivity index (χ0) is 24.6. The van der Waals surface area contributed by atoms with Crippen LogP contribution in [0.5, 0.6) is 0 Å². The summed E-state index contributed by atoms with van der Waals surface area (Å²) < 4.78 is 4.85. The summed E-state index contributed by atoms with van der Waals surface area (Å²) in [6.45, 7) is 11.1. The molecule has 5 rings (SSSR count). The Balaban J connectivity index is 1.45. The van der Waals surface area contributed by atoms with Gasteiger partial charge in [0.2, 0.25) is 5.95 Å². The van der Waals surface area contributed by atoms with Crippen LogP contribution in [0.1, 0.15) is 34.1 Å². The Kier molecular flexibility index (Phi) is 6.29. The largest absolute Gasteiger partial charge is 0.321 e. The fraction of sp³-hybridized carbons (Fsp3) is 0.458. The topological polar surface area (TPSA) is 100 Å². The number of nitriles is 1. The quantitative estimate of drug-likeness (QED) is 0.340. The van der Waals surface area contributed by atoms with Crippen LogP contribution in [0.3, 0.4) is 0 Å². The molecule has 0 spiro atoms. The van der Waals surface area contributed by atoms with E-state index in [-0.39, 0.29) is 10.4 Å². The third kappa shape index (κ3) is 4.42. The first-order valence-corrected chi connectivity index (χ1v) is 13.6. The number of likely N-dealkylation sites (tertiary alicyclic amines) is 1. The van der Waals surface area contributed by atoms with Gasteiger partial charge in [-0.15, -0.1) is 23.1 Å². The van der Waals surface area contributed by atoms with E-state index < -0.39 is 0 Å². The van der Waals surface area contributed by atoms with Gasteiger partial charge in [0, 0.05) is 37.6 Å². The minimum atomic E-state index is -0.323. The second-order valence-corrected chi connectivity index (χ2v) is 12.0. The number of thiophene rings is 1. The van der Waals surface area contributed by atoms with E-state index in [1.807, 2.05) is 58.1 Å². The molecule has 1 aliphatic rings. The van der Waals surface area contributed by atoms with Crippen molar-refractivity contribution in [2.24, 2.45) is 0 Å². The number of hydrogen-bond acceptors (Lipinski definition) is 9. The molecule has 1 N–H and O–H groups in total. The Labute approximate surface area is 213 Å². The number of nitrogens with zero attached hydrogens (tertiary/aromatic N) is 8. The van der Waals surface area contributed by atoms with Gasteiger partial charge in [-0.3, -0.25) is 14.3 Å². The lowest BCUT2D eigenvalue weighted by atomic mass is 9.85. The average molecular weight is 508 g/mol. The molecule has 35 heavy (non-hydrogen) atoms. The van der Waals surface area contributed by atoms with E-state index in [0.717, 1.165) is 52.5 Å². The van der Waals surface area contributed by atoms with Crippen molar-refractivity contribution in [3.8, 4) is 17.3 Å². The molecule has 4 aromatic heterocycles. The monoisotopic (exact) mass is 507 g/mol. The van der Waals surface area contributed by atoms with Crippen molar-refractivity contribution in [3.05, 3.63) is 36.2 Å². The van der Waals surface area contributed by atoms with Crippen LogP contribution < -0.4 is 5.32 Å². The van der Waals surface area contributed by atoms with Gasteiger partial charge in [-0.1, -0.05) is 6.92 Å². The Morgan fingerprint density at radius 3 is 2.74 bits per heavy atom. The van der Waals surface area contributed by atoms with Crippen molar-refractivity contribution >= 4 is 45.0 Å². The molecule has 0 amide bonds. The molecular weight excluding hydrogens is 478 g/mol. The van der Waals surface area contributed by atoms with Crippen molar-refractivity contribution in [1.29, 1.82) is 5.26 Å². The Morgan fingerprint density at radius 2 is 2.03 bits per heavy atom. The predicted octanol–water partition coefficient (Wildman–Crippen LogP) is 4.93.